The third-order valence-electron chi connectivity index (χ3n) is 8.41. The summed E-state index contributed by atoms with van der Waals surface area (Å²) in [6, 6.07) is 23.8. The molecular weight excluding hydrogens is 811 g/mol. The quantitative estimate of drug-likeness (QED) is 0.0328. The average Bonchev–Trinajstić information content (AvgIpc) is 3.25. The number of nitro benzene ring substituents is 1. The minimum absolute atomic E-state index is 0.0510. The van der Waals surface area contributed by atoms with Crippen LogP contribution in [0.1, 0.15) is 31.8 Å². The van der Waals surface area contributed by atoms with Crippen molar-refractivity contribution in [3.05, 3.63) is 152 Å². The van der Waals surface area contributed by atoms with E-state index in [0.29, 0.717) is 56.4 Å². The number of anilines is 9. The van der Waals surface area contributed by atoms with E-state index in [-0.39, 0.29) is 40.2 Å². The summed E-state index contributed by atoms with van der Waals surface area (Å²) in [4.78, 5) is 63.4. The first-order valence-electron chi connectivity index (χ1n) is 17.8. The molecule has 0 unspecified atom stereocenters. The number of aromatic nitrogens is 4. The van der Waals surface area contributed by atoms with Gasteiger partial charge in [0.2, 0.25) is 17.8 Å². The molecule has 0 aliphatic rings. The van der Waals surface area contributed by atoms with Gasteiger partial charge in [0.1, 0.15) is 10.0 Å². The van der Waals surface area contributed by atoms with Gasteiger partial charge in [0.05, 0.1) is 45.5 Å². The fourth-order valence-electron chi connectivity index (χ4n) is 5.26. The summed E-state index contributed by atoms with van der Waals surface area (Å²) >= 11 is 12.5. The molecule has 306 valence electrons. The molecule has 17 nitrogen and oxygen atoms in total. The Morgan fingerprint density at radius 1 is 0.667 bits per heavy atom. The Labute approximate surface area is 354 Å². The molecule has 0 aliphatic carbocycles. The molecule has 7 N–H and O–H groups in total. The van der Waals surface area contributed by atoms with Crippen LogP contribution in [0, 0.1) is 24.0 Å². The lowest BCUT2D eigenvalue weighted by molar-refractivity contribution is -0.384. The molecule has 0 radical (unpaired) electrons. The second-order valence-electron chi connectivity index (χ2n) is 12.5. The van der Waals surface area contributed by atoms with E-state index in [1.54, 1.807) is 87.7 Å². The summed E-state index contributed by atoms with van der Waals surface area (Å²) < 4.78 is 0. The standard InChI is InChI=1S/C22H21ClN6O2.C19H17ClN6O3/c1-4-19(30)26-14-10-9-13(2)18(11-14)28-22-25-12-16(23)20(29-22)27-17-8-6-5-7-15(17)21(31)24-3;1-11-7-8-12(26(28)29)9-16(11)24-19-22-10-14(20)17(25-19)23-15-6-4-3-5-13(15)18(27)21-2/h4-12H,1H2,2-3H3,(H,24,31)(H,26,30)(H2,25,27,28,29);3-10H,1-2H3,(H,21,27)(H2,22,23,24,25). The molecule has 6 rings (SSSR count). The van der Waals surface area contributed by atoms with E-state index in [0.717, 1.165) is 11.1 Å². The molecule has 6 aromatic rings. The molecule has 2 heterocycles. The fourth-order valence-corrected chi connectivity index (χ4v) is 5.54. The number of nitro groups is 1. The number of halogens is 2. The molecule has 0 spiro atoms. The number of carbonyl (C=O) groups excluding carboxylic acids is 3. The summed E-state index contributed by atoms with van der Waals surface area (Å²) in [5.41, 5.74) is 5.42. The van der Waals surface area contributed by atoms with Crippen LogP contribution >= 0.6 is 23.2 Å². The van der Waals surface area contributed by atoms with Crippen molar-refractivity contribution in [1.29, 1.82) is 0 Å². The lowest BCUT2D eigenvalue weighted by Gasteiger charge is -2.14. The summed E-state index contributed by atoms with van der Waals surface area (Å²) in [5, 5.41) is 31.7. The van der Waals surface area contributed by atoms with Crippen LogP contribution in [0.4, 0.5) is 57.7 Å². The van der Waals surface area contributed by atoms with Crippen LogP contribution in [0.15, 0.2) is 110 Å². The van der Waals surface area contributed by atoms with Crippen molar-refractivity contribution in [2.75, 3.05) is 40.7 Å². The summed E-state index contributed by atoms with van der Waals surface area (Å²) in [7, 11) is 3.10. The van der Waals surface area contributed by atoms with E-state index >= 15 is 0 Å². The van der Waals surface area contributed by atoms with E-state index in [2.05, 4.69) is 63.7 Å². The number of carbonyl (C=O) groups is 3. The topological polar surface area (TPSA) is 230 Å². The molecule has 2 aromatic heterocycles. The number of nitrogens with one attached hydrogen (secondary N) is 7. The zero-order valence-corrected chi connectivity index (χ0v) is 34.1. The van der Waals surface area contributed by atoms with E-state index in [1.165, 1.54) is 30.6 Å². The Morgan fingerprint density at radius 3 is 1.60 bits per heavy atom. The van der Waals surface area contributed by atoms with E-state index in [9.17, 15) is 24.5 Å². The Bertz CT molecular complexity index is 2590. The fraction of sp³-hybridized carbons (Fsp3) is 0.0976. The van der Waals surface area contributed by atoms with Gasteiger partial charge in [-0.1, -0.05) is 66.2 Å². The highest BCUT2D eigenvalue weighted by molar-refractivity contribution is 6.33. The first-order chi connectivity index (χ1) is 28.8. The Kier molecular flexibility index (Phi) is 14.6. The number of para-hydroxylation sites is 2. The predicted octanol–water partition coefficient (Wildman–Crippen LogP) is 8.60. The van der Waals surface area contributed by atoms with Crippen molar-refractivity contribution in [1.82, 2.24) is 30.6 Å². The first kappa shape index (κ1) is 43.5. The zero-order valence-electron chi connectivity index (χ0n) is 32.6. The van der Waals surface area contributed by atoms with Crippen LogP contribution in [0.2, 0.25) is 10.0 Å². The Balaban J connectivity index is 0.000000228. The smallest absolute Gasteiger partial charge is 0.271 e. The van der Waals surface area contributed by atoms with Gasteiger partial charge in [-0.15, -0.1) is 0 Å². The number of rotatable bonds is 13. The lowest BCUT2D eigenvalue weighted by Crippen LogP contribution is -2.19. The molecule has 0 saturated heterocycles. The number of hydrogen-bond donors (Lipinski definition) is 7. The van der Waals surface area contributed by atoms with Crippen LogP contribution < -0.4 is 37.2 Å². The maximum absolute atomic E-state index is 12.1. The van der Waals surface area contributed by atoms with Crippen LogP contribution in [-0.4, -0.2) is 56.7 Å². The van der Waals surface area contributed by atoms with E-state index < -0.39 is 4.92 Å². The summed E-state index contributed by atoms with van der Waals surface area (Å²) in [6.07, 6.45) is 4.05. The normalized spacial score (nSPS) is 10.2. The minimum atomic E-state index is -0.476. The highest BCUT2D eigenvalue weighted by Crippen LogP contribution is 2.30. The minimum Gasteiger partial charge on any atom is -0.355 e. The molecule has 0 fully saturated rings. The molecule has 4 aromatic carbocycles. The van der Waals surface area contributed by atoms with Gasteiger partial charge >= 0.3 is 0 Å². The maximum atomic E-state index is 12.1. The van der Waals surface area contributed by atoms with Crippen molar-refractivity contribution in [3.63, 3.8) is 0 Å². The number of hydrogen-bond acceptors (Lipinski definition) is 13. The van der Waals surface area contributed by atoms with Crippen LogP contribution in [-0.2, 0) is 4.79 Å². The van der Waals surface area contributed by atoms with Crippen molar-refractivity contribution < 1.29 is 19.3 Å². The van der Waals surface area contributed by atoms with Gasteiger partial charge in [-0.3, -0.25) is 24.5 Å². The van der Waals surface area contributed by atoms with Crippen molar-refractivity contribution >= 4 is 98.6 Å². The van der Waals surface area contributed by atoms with Crippen LogP contribution in [0.25, 0.3) is 0 Å². The van der Waals surface area contributed by atoms with E-state index in [1.807, 2.05) is 13.0 Å². The second kappa shape index (κ2) is 20.2. The number of non-ortho nitro benzene ring substituents is 1. The van der Waals surface area contributed by atoms with Gasteiger partial charge in [-0.05, 0) is 67.4 Å². The number of amides is 3. The molecule has 0 saturated carbocycles. The lowest BCUT2D eigenvalue weighted by atomic mass is 10.1. The summed E-state index contributed by atoms with van der Waals surface area (Å²) in [6.45, 7) is 7.17. The monoisotopic (exact) mass is 848 g/mol. The molecule has 0 atom stereocenters. The van der Waals surface area contributed by atoms with Gasteiger partial charge in [-0.2, -0.15) is 9.97 Å². The van der Waals surface area contributed by atoms with Gasteiger partial charge in [0.15, 0.2) is 11.6 Å². The highest BCUT2D eigenvalue weighted by atomic mass is 35.5. The van der Waals surface area contributed by atoms with E-state index in [4.69, 9.17) is 23.2 Å². The van der Waals surface area contributed by atoms with Crippen molar-refractivity contribution in [2.45, 2.75) is 13.8 Å². The molecule has 60 heavy (non-hydrogen) atoms. The number of nitrogens with zero attached hydrogens (tertiary/aromatic N) is 5. The number of aryl methyl sites for hydroxylation is 2. The van der Waals surface area contributed by atoms with Crippen molar-refractivity contribution in [3.8, 4) is 0 Å². The Hall–Kier alpha value is -7.63. The molecule has 19 heteroatoms. The number of benzene rings is 4. The SMILES string of the molecule is C=CC(=O)Nc1ccc(C)c(Nc2ncc(Cl)c(Nc3ccccc3C(=O)NC)n2)c1.CNC(=O)c1ccccc1Nc1nc(Nc2cc([N+](=O)[O-])ccc2C)ncc1Cl. The first-order valence-corrected chi connectivity index (χ1v) is 18.6. The third kappa shape index (κ3) is 11.3. The van der Waals surface area contributed by atoms with Gasteiger partial charge in [-0.25, -0.2) is 9.97 Å². The molecule has 0 aliphatic heterocycles. The van der Waals surface area contributed by atoms with Gasteiger partial charge in [0.25, 0.3) is 17.5 Å². The molecule has 0 bridgehead atoms. The van der Waals surface area contributed by atoms with Crippen LogP contribution in [0.5, 0.6) is 0 Å². The highest BCUT2D eigenvalue weighted by Gasteiger charge is 2.16. The predicted molar refractivity (Wildman–Crippen MR) is 235 cm³/mol. The third-order valence-corrected chi connectivity index (χ3v) is 8.96. The molecular formula is C41H38Cl2N12O5. The zero-order chi connectivity index (χ0) is 43.3. The Morgan fingerprint density at radius 2 is 1.13 bits per heavy atom. The van der Waals surface area contributed by atoms with Gasteiger partial charge < -0.3 is 37.2 Å². The van der Waals surface area contributed by atoms with Gasteiger partial charge in [0, 0.05) is 37.6 Å². The summed E-state index contributed by atoms with van der Waals surface area (Å²) in [5.74, 6) is 0.300. The molecule has 3 amide bonds. The van der Waals surface area contributed by atoms with Crippen LogP contribution in [0.3, 0.4) is 0 Å². The second-order valence-corrected chi connectivity index (χ2v) is 13.3. The van der Waals surface area contributed by atoms with Crippen molar-refractivity contribution in [2.24, 2.45) is 0 Å². The maximum Gasteiger partial charge on any atom is 0.271 e. The largest absolute Gasteiger partial charge is 0.355 e. The average molecular weight is 850 g/mol.